The smallest absolute Gasteiger partial charge is 0.330 e. The number of allylic oxidation sites excluding steroid dienone is 1. The summed E-state index contributed by atoms with van der Waals surface area (Å²) in [5.41, 5.74) is 5.44. The van der Waals surface area contributed by atoms with Crippen molar-refractivity contribution in [2.24, 2.45) is 0 Å². The van der Waals surface area contributed by atoms with E-state index in [9.17, 15) is 13.6 Å². The molecule has 1 aromatic carbocycles. The van der Waals surface area contributed by atoms with Crippen molar-refractivity contribution < 1.29 is 18.3 Å². The number of ether oxygens (including phenoxy) is 1. The number of benzene rings is 1. The van der Waals surface area contributed by atoms with E-state index in [1.54, 1.807) is 13.0 Å². The van der Waals surface area contributed by atoms with Crippen LogP contribution in [0.3, 0.4) is 0 Å². The van der Waals surface area contributed by atoms with Gasteiger partial charge in [-0.05, 0) is 31.4 Å². The van der Waals surface area contributed by atoms with Crippen LogP contribution in [0.1, 0.15) is 25.3 Å². The van der Waals surface area contributed by atoms with Crippen molar-refractivity contribution in [2.75, 3.05) is 12.3 Å². The largest absolute Gasteiger partial charge is 0.463 e. The number of anilines is 1. The first-order valence-corrected chi connectivity index (χ1v) is 6.09. The maximum absolute atomic E-state index is 13.4. The zero-order chi connectivity index (χ0) is 14.0. The van der Waals surface area contributed by atoms with Crippen molar-refractivity contribution in [3.8, 4) is 0 Å². The van der Waals surface area contributed by atoms with Gasteiger partial charge in [0.25, 0.3) is 0 Å². The molecule has 0 amide bonds. The van der Waals surface area contributed by atoms with E-state index in [4.69, 9.17) is 10.5 Å². The molecule has 0 heterocycles. The topological polar surface area (TPSA) is 52.3 Å². The number of halogens is 2. The lowest BCUT2D eigenvalue weighted by Crippen LogP contribution is -2.10. The van der Waals surface area contributed by atoms with E-state index in [1.165, 1.54) is 12.1 Å². The third kappa shape index (κ3) is 2.75. The molecule has 1 saturated carbocycles. The molecule has 2 N–H and O–H groups in total. The monoisotopic (exact) mass is 267 g/mol. The van der Waals surface area contributed by atoms with E-state index in [0.717, 1.165) is 6.07 Å². The van der Waals surface area contributed by atoms with E-state index in [1.807, 2.05) is 0 Å². The highest BCUT2D eigenvalue weighted by Gasteiger charge is 2.44. The molecule has 0 atom stereocenters. The van der Waals surface area contributed by atoms with Gasteiger partial charge in [0.05, 0.1) is 12.3 Å². The first-order valence-electron chi connectivity index (χ1n) is 6.09. The summed E-state index contributed by atoms with van der Waals surface area (Å²) >= 11 is 0. The van der Waals surface area contributed by atoms with Gasteiger partial charge in [-0.1, -0.05) is 6.08 Å². The average molecular weight is 267 g/mol. The number of rotatable bonds is 4. The Kier molecular flexibility index (Phi) is 3.55. The van der Waals surface area contributed by atoms with Gasteiger partial charge in [-0.15, -0.1) is 0 Å². The van der Waals surface area contributed by atoms with Crippen LogP contribution < -0.4 is 5.73 Å². The van der Waals surface area contributed by atoms with E-state index in [-0.39, 0.29) is 12.3 Å². The maximum Gasteiger partial charge on any atom is 0.330 e. The molecule has 3 nitrogen and oxygen atoms in total. The van der Waals surface area contributed by atoms with Gasteiger partial charge in [-0.25, -0.2) is 13.6 Å². The SMILES string of the molecule is CCOC(=O)/C=C/C1(c2cc(F)cc(F)c2N)CC1. The molecule has 1 aromatic rings. The summed E-state index contributed by atoms with van der Waals surface area (Å²) in [6, 6.07) is 1.98. The third-order valence-electron chi connectivity index (χ3n) is 3.24. The Morgan fingerprint density at radius 2 is 2.16 bits per heavy atom. The van der Waals surface area contributed by atoms with Crippen molar-refractivity contribution in [1.29, 1.82) is 0 Å². The van der Waals surface area contributed by atoms with E-state index in [0.29, 0.717) is 18.4 Å². The molecule has 2 rings (SSSR count). The first kappa shape index (κ1) is 13.5. The molecule has 1 aliphatic carbocycles. The summed E-state index contributed by atoms with van der Waals surface area (Å²) in [5.74, 6) is -1.91. The fourth-order valence-corrected chi connectivity index (χ4v) is 2.08. The molecule has 102 valence electrons. The van der Waals surface area contributed by atoms with Crippen LogP contribution in [0.5, 0.6) is 0 Å². The van der Waals surface area contributed by atoms with Gasteiger partial charge < -0.3 is 10.5 Å². The lowest BCUT2D eigenvalue weighted by molar-refractivity contribution is -0.137. The first-order chi connectivity index (χ1) is 8.98. The van der Waals surface area contributed by atoms with Crippen molar-refractivity contribution >= 4 is 11.7 Å². The van der Waals surface area contributed by atoms with Crippen LogP contribution in [0.2, 0.25) is 0 Å². The number of carbonyl (C=O) groups is 1. The summed E-state index contributed by atoms with van der Waals surface area (Å²) in [6.45, 7) is 1.99. The standard InChI is InChI=1S/C14H15F2NO2/c1-2-19-12(18)3-4-14(5-6-14)10-7-9(15)8-11(16)13(10)17/h3-4,7-8H,2,5-6,17H2,1H3/b4-3+. The fraction of sp³-hybridized carbons (Fsp3) is 0.357. The van der Waals surface area contributed by atoms with Crippen LogP contribution in [0.4, 0.5) is 14.5 Å². The molecular formula is C14H15F2NO2. The van der Waals surface area contributed by atoms with Crippen LogP contribution in [0.15, 0.2) is 24.3 Å². The number of hydrogen-bond donors (Lipinski definition) is 1. The summed E-state index contributed by atoms with van der Waals surface area (Å²) in [5, 5.41) is 0. The minimum atomic E-state index is -0.772. The number of carbonyl (C=O) groups excluding carboxylic acids is 1. The number of hydrogen-bond acceptors (Lipinski definition) is 3. The Labute approximate surface area is 110 Å². The summed E-state index contributed by atoms with van der Waals surface area (Å²) in [4.78, 5) is 11.3. The molecule has 5 heteroatoms. The predicted octanol–water partition coefficient (Wildman–Crippen LogP) is 2.70. The Bertz CT molecular complexity index is 536. The molecule has 0 aliphatic heterocycles. The molecule has 1 fully saturated rings. The number of nitrogens with two attached hydrogens (primary N) is 1. The minimum absolute atomic E-state index is 0.0626. The minimum Gasteiger partial charge on any atom is -0.463 e. The highest BCUT2D eigenvalue weighted by Crippen LogP contribution is 2.51. The second-order valence-corrected chi connectivity index (χ2v) is 4.59. The fourth-order valence-electron chi connectivity index (χ4n) is 2.08. The third-order valence-corrected chi connectivity index (χ3v) is 3.24. The van der Waals surface area contributed by atoms with Crippen molar-refractivity contribution in [3.63, 3.8) is 0 Å². The zero-order valence-electron chi connectivity index (χ0n) is 10.6. The normalized spacial score (nSPS) is 16.6. The lowest BCUT2D eigenvalue weighted by atomic mass is 9.93. The molecule has 0 radical (unpaired) electrons. The van der Waals surface area contributed by atoms with Crippen molar-refractivity contribution in [3.05, 3.63) is 41.5 Å². The van der Waals surface area contributed by atoms with Crippen molar-refractivity contribution in [2.45, 2.75) is 25.2 Å². The number of nitrogen functional groups attached to an aromatic ring is 1. The maximum atomic E-state index is 13.4. The summed E-state index contributed by atoms with van der Waals surface area (Å²) in [6.07, 6.45) is 4.32. The Hall–Kier alpha value is -1.91. The zero-order valence-corrected chi connectivity index (χ0v) is 10.6. The molecule has 0 spiro atoms. The highest BCUT2D eigenvalue weighted by molar-refractivity contribution is 5.82. The molecular weight excluding hydrogens is 252 g/mol. The van der Waals surface area contributed by atoms with E-state index in [2.05, 4.69) is 0 Å². The van der Waals surface area contributed by atoms with Gasteiger partial charge in [0.15, 0.2) is 0 Å². The van der Waals surface area contributed by atoms with E-state index >= 15 is 0 Å². The van der Waals surface area contributed by atoms with E-state index < -0.39 is 23.0 Å². The van der Waals surface area contributed by atoms with Gasteiger partial charge >= 0.3 is 5.97 Å². The Balaban J connectivity index is 2.28. The van der Waals surface area contributed by atoms with Crippen LogP contribution in [-0.4, -0.2) is 12.6 Å². The van der Waals surface area contributed by atoms with Crippen molar-refractivity contribution in [1.82, 2.24) is 0 Å². The average Bonchev–Trinajstić information content (AvgIpc) is 3.13. The van der Waals surface area contributed by atoms with Gasteiger partial charge in [-0.2, -0.15) is 0 Å². The number of esters is 1. The van der Waals surface area contributed by atoms with Gasteiger partial charge in [0.2, 0.25) is 0 Å². The molecule has 0 saturated heterocycles. The lowest BCUT2D eigenvalue weighted by Gasteiger charge is -2.14. The second-order valence-electron chi connectivity index (χ2n) is 4.59. The van der Waals surface area contributed by atoms with Crippen LogP contribution >= 0.6 is 0 Å². The predicted molar refractivity (Wildman–Crippen MR) is 67.5 cm³/mol. The van der Waals surface area contributed by atoms with Gasteiger partial charge in [0.1, 0.15) is 11.6 Å². The molecule has 0 aromatic heterocycles. The van der Waals surface area contributed by atoms with Crippen LogP contribution in [-0.2, 0) is 14.9 Å². The summed E-state index contributed by atoms with van der Waals surface area (Å²) in [7, 11) is 0. The molecule has 1 aliphatic rings. The molecule has 19 heavy (non-hydrogen) atoms. The Morgan fingerprint density at radius 3 is 2.74 bits per heavy atom. The van der Waals surface area contributed by atoms with Crippen LogP contribution in [0.25, 0.3) is 0 Å². The quantitative estimate of drug-likeness (QED) is 0.518. The Morgan fingerprint density at radius 1 is 1.47 bits per heavy atom. The summed E-state index contributed by atoms with van der Waals surface area (Å²) < 4.78 is 31.5. The second kappa shape index (κ2) is 4.99. The molecule has 0 unspecified atom stereocenters. The van der Waals surface area contributed by atoms with Crippen LogP contribution in [0, 0.1) is 11.6 Å². The van der Waals surface area contributed by atoms with Gasteiger partial charge in [-0.3, -0.25) is 0 Å². The van der Waals surface area contributed by atoms with Gasteiger partial charge in [0, 0.05) is 17.6 Å². The molecule has 0 bridgehead atoms. The highest BCUT2D eigenvalue weighted by atomic mass is 19.1.